The predicted octanol–water partition coefficient (Wildman–Crippen LogP) is 4.80. The average molecular weight is 435 g/mol. The molecule has 1 aromatic carbocycles. The van der Waals surface area contributed by atoms with Crippen LogP contribution in [0.1, 0.15) is 47.2 Å². The zero-order valence-corrected chi connectivity index (χ0v) is 19.3. The van der Waals surface area contributed by atoms with Gasteiger partial charge in [-0.2, -0.15) is 0 Å². The summed E-state index contributed by atoms with van der Waals surface area (Å²) in [4.78, 5) is 19.4. The van der Waals surface area contributed by atoms with Crippen molar-refractivity contribution in [1.82, 2.24) is 19.7 Å². The molecule has 6 heteroatoms. The summed E-state index contributed by atoms with van der Waals surface area (Å²) >= 11 is 1.89. The topological polar surface area (TPSA) is 40.5 Å². The third-order valence-electron chi connectivity index (χ3n) is 6.29. The van der Waals surface area contributed by atoms with Gasteiger partial charge in [0.1, 0.15) is 5.00 Å². The zero-order chi connectivity index (χ0) is 21.5. The van der Waals surface area contributed by atoms with Gasteiger partial charge in [0.15, 0.2) is 0 Å². The molecule has 2 aromatic heterocycles. The van der Waals surface area contributed by atoms with E-state index in [0.717, 1.165) is 30.8 Å². The van der Waals surface area contributed by atoms with Crippen LogP contribution in [0.15, 0.2) is 48.7 Å². The second-order valence-corrected chi connectivity index (χ2v) is 10.2. The minimum atomic E-state index is -0.120. The molecule has 2 aliphatic rings. The van der Waals surface area contributed by atoms with Gasteiger partial charge in [-0.25, -0.2) is 4.79 Å². The fraction of sp³-hybridized carbons (Fsp3) is 0.400. The molecule has 0 spiro atoms. The van der Waals surface area contributed by atoms with E-state index in [1.54, 1.807) is 0 Å². The highest BCUT2D eigenvalue weighted by Crippen LogP contribution is 2.43. The van der Waals surface area contributed by atoms with Gasteiger partial charge in [0.25, 0.3) is 0 Å². The molecule has 5 nitrogen and oxygen atoms in total. The maximum absolute atomic E-state index is 13.5. The number of amides is 2. The number of benzene rings is 1. The normalized spacial score (nSPS) is 18.3. The smallest absolute Gasteiger partial charge is 0.318 e. The quantitative estimate of drug-likeness (QED) is 0.643. The van der Waals surface area contributed by atoms with E-state index in [9.17, 15) is 4.79 Å². The van der Waals surface area contributed by atoms with Crippen LogP contribution < -0.4 is 5.32 Å². The fourth-order valence-electron chi connectivity index (χ4n) is 4.73. The molecule has 3 aromatic rings. The molecule has 0 unspecified atom stereocenters. The molecule has 4 heterocycles. The number of nitrogens with zero attached hydrogens (tertiary/aromatic N) is 3. The maximum Gasteiger partial charge on any atom is 0.318 e. The first-order valence-corrected chi connectivity index (χ1v) is 11.9. The lowest BCUT2D eigenvalue weighted by Gasteiger charge is -2.32. The number of thiophene rings is 1. The Balaban J connectivity index is 1.65. The molecule has 1 atom stereocenters. The number of carbonyl (C=O) groups excluding carboxylic acids is 1. The number of likely N-dealkylation sites (N-methyl/N-ethyl adjacent to an activating group) is 1. The Morgan fingerprint density at radius 1 is 1.13 bits per heavy atom. The van der Waals surface area contributed by atoms with Crippen molar-refractivity contribution in [3.8, 4) is 5.00 Å². The molecule has 0 bridgehead atoms. The lowest BCUT2D eigenvalue weighted by Crippen LogP contribution is -2.43. The van der Waals surface area contributed by atoms with Crippen molar-refractivity contribution in [2.24, 2.45) is 5.92 Å². The van der Waals surface area contributed by atoms with Gasteiger partial charge >= 0.3 is 6.03 Å². The summed E-state index contributed by atoms with van der Waals surface area (Å²) in [6.45, 7) is 7.63. The van der Waals surface area contributed by atoms with Gasteiger partial charge in [-0.3, -0.25) is 0 Å². The highest BCUT2D eigenvalue weighted by Gasteiger charge is 2.36. The van der Waals surface area contributed by atoms with E-state index in [2.05, 4.69) is 78.3 Å². The SMILES string of the molecule is CC(C)CNC(=O)N1Cc2c(sc3c2CCN(C)C3)-n2cccc2[C@H]1c1ccccc1. The van der Waals surface area contributed by atoms with Crippen LogP contribution in [-0.4, -0.2) is 40.5 Å². The van der Waals surface area contributed by atoms with E-state index >= 15 is 0 Å². The third kappa shape index (κ3) is 3.68. The summed E-state index contributed by atoms with van der Waals surface area (Å²) in [6.07, 6.45) is 3.21. The average Bonchev–Trinajstić information content (AvgIpc) is 3.34. The number of fused-ring (bicyclic) bond motifs is 5. The van der Waals surface area contributed by atoms with E-state index in [4.69, 9.17) is 0 Å². The highest BCUT2D eigenvalue weighted by molar-refractivity contribution is 7.15. The largest absolute Gasteiger partial charge is 0.338 e. The van der Waals surface area contributed by atoms with Gasteiger partial charge in [-0.1, -0.05) is 44.2 Å². The number of urea groups is 1. The Bertz CT molecular complexity index is 1080. The zero-order valence-electron chi connectivity index (χ0n) is 18.5. The third-order valence-corrected chi connectivity index (χ3v) is 7.55. The van der Waals surface area contributed by atoms with E-state index in [0.29, 0.717) is 19.0 Å². The van der Waals surface area contributed by atoms with Crippen molar-refractivity contribution in [3.05, 3.63) is 75.9 Å². The summed E-state index contributed by atoms with van der Waals surface area (Å²) in [6, 6.07) is 14.6. The number of nitrogens with one attached hydrogen (secondary N) is 1. The molecule has 0 saturated heterocycles. The second kappa shape index (κ2) is 8.17. The molecule has 2 aliphatic heterocycles. The van der Waals surface area contributed by atoms with Crippen molar-refractivity contribution in [2.75, 3.05) is 20.1 Å². The van der Waals surface area contributed by atoms with Crippen molar-refractivity contribution >= 4 is 17.4 Å². The maximum atomic E-state index is 13.5. The molecular formula is C25H30N4OS. The van der Waals surface area contributed by atoms with E-state index in [1.807, 2.05) is 22.3 Å². The van der Waals surface area contributed by atoms with Crippen molar-refractivity contribution in [1.29, 1.82) is 0 Å². The predicted molar refractivity (Wildman–Crippen MR) is 126 cm³/mol. The lowest BCUT2D eigenvalue weighted by atomic mass is 10.0. The van der Waals surface area contributed by atoms with Crippen LogP contribution in [0.5, 0.6) is 0 Å². The number of hydrogen-bond donors (Lipinski definition) is 1. The van der Waals surface area contributed by atoms with E-state index < -0.39 is 0 Å². The van der Waals surface area contributed by atoms with Crippen LogP contribution in [0.4, 0.5) is 4.79 Å². The van der Waals surface area contributed by atoms with Crippen molar-refractivity contribution in [2.45, 2.75) is 39.4 Å². The van der Waals surface area contributed by atoms with Crippen molar-refractivity contribution < 1.29 is 4.79 Å². The molecule has 31 heavy (non-hydrogen) atoms. The minimum absolute atomic E-state index is 0.0102. The molecule has 1 N–H and O–H groups in total. The highest BCUT2D eigenvalue weighted by atomic mass is 32.1. The Kier molecular flexibility index (Phi) is 5.36. The number of rotatable bonds is 3. The Morgan fingerprint density at radius 2 is 1.94 bits per heavy atom. The first-order valence-electron chi connectivity index (χ1n) is 11.1. The van der Waals surface area contributed by atoms with Crippen LogP contribution in [-0.2, 0) is 19.5 Å². The molecule has 2 amide bonds. The fourth-order valence-corrected chi connectivity index (χ4v) is 6.17. The van der Waals surface area contributed by atoms with Crippen LogP contribution in [0.25, 0.3) is 5.00 Å². The van der Waals surface area contributed by atoms with E-state index in [1.165, 1.54) is 21.0 Å². The first kappa shape index (κ1) is 20.3. The molecule has 0 aliphatic carbocycles. The molecular weight excluding hydrogens is 404 g/mol. The van der Waals surface area contributed by atoms with Crippen LogP contribution in [0.3, 0.4) is 0 Å². The van der Waals surface area contributed by atoms with Gasteiger partial charge < -0.3 is 19.7 Å². The first-order chi connectivity index (χ1) is 15.0. The Labute approximate surface area is 188 Å². The monoisotopic (exact) mass is 434 g/mol. The minimum Gasteiger partial charge on any atom is -0.338 e. The van der Waals surface area contributed by atoms with Gasteiger partial charge in [-0.05, 0) is 42.6 Å². The van der Waals surface area contributed by atoms with Crippen LogP contribution >= 0.6 is 11.3 Å². The molecule has 0 saturated carbocycles. The summed E-state index contributed by atoms with van der Waals surface area (Å²) in [5.74, 6) is 0.412. The lowest BCUT2D eigenvalue weighted by molar-refractivity contribution is 0.179. The van der Waals surface area contributed by atoms with Gasteiger partial charge in [0, 0.05) is 36.3 Å². The summed E-state index contributed by atoms with van der Waals surface area (Å²) in [7, 11) is 2.19. The Hall–Kier alpha value is -2.57. The van der Waals surface area contributed by atoms with Gasteiger partial charge in [-0.15, -0.1) is 11.3 Å². The van der Waals surface area contributed by atoms with E-state index in [-0.39, 0.29) is 12.1 Å². The number of hydrogen-bond acceptors (Lipinski definition) is 3. The standard InChI is InChI=1S/C25H30N4OS/c1-17(2)14-26-25(30)29-15-20-19-11-13-27(3)16-22(19)31-24(20)28-12-7-10-21(28)23(29)18-8-5-4-6-9-18/h4-10,12,17,23H,11,13-16H2,1-3H3,(H,26,30)/t23-/m1/s1. The van der Waals surface area contributed by atoms with Gasteiger partial charge in [0.2, 0.25) is 0 Å². The Morgan fingerprint density at radius 3 is 2.71 bits per heavy atom. The van der Waals surface area contributed by atoms with Gasteiger partial charge in [0.05, 0.1) is 18.3 Å². The van der Waals surface area contributed by atoms with Crippen molar-refractivity contribution in [3.63, 3.8) is 0 Å². The van der Waals surface area contributed by atoms with Crippen LogP contribution in [0.2, 0.25) is 0 Å². The molecule has 162 valence electrons. The summed E-state index contributed by atoms with van der Waals surface area (Å²) in [5, 5.41) is 4.46. The molecule has 5 rings (SSSR count). The van der Waals surface area contributed by atoms with Crippen LogP contribution in [0, 0.1) is 5.92 Å². The number of carbonyl (C=O) groups is 1. The molecule has 0 radical (unpaired) electrons. The number of aromatic nitrogens is 1. The molecule has 0 fully saturated rings. The summed E-state index contributed by atoms with van der Waals surface area (Å²) in [5.41, 5.74) is 5.07. The summed E-state index contributed by atoms with van der Waals surface area (Å²) < 4.78 is 2.33. The second-order valence-electron chi connectivity index (χ2n) is 9.10.